The second-order valence-corrected chi connectivity index (χ2v) is 17.3. The van der Waals surface area contributed by atoms with Gasteiger partial charge >= 0.3 is 5.97 Å². The highest BCUT2D eigenvalue weighted by Gasteiger charge is 2.26. The average Bonchev–Trinajstić information content (AvgIpc) is 3.31. The summed E-state index contributed by atoms with van der Waals surface area (Å²) in [5.41, 5.74) is 0.624. The molecular weight excluding hydrogens is 803 g/mol. The van der Waals surface area contributed by atoms with Gasteiger partial charge in [0, 0.05) is 28.8 Å². The number of pyridine rings is 1. The van der Waals surface area contributed by atoms with Crippen LogP contribution in [0.2, 0.25) is 9.36 Å². The van der Waals surface area contributed by atoms with E-state index in [9.17, 15) is 26.7 Å². The maximum Gasteiger partial charge on any atom is 0.322 e. The number of thiophene rings is 1. The third-order valence-corrected chi connectivity index (χ3v) is 13.1. The minimum Gasteiger partial charge on any atom is -0.480 e. The van der Waals surface area contributed by atoms with Crippen molar-refractivity contribution in [3.05, 3.63) is 66.5 Å². The summed E-state index contributed by atoms with van der Waals surface area (Å²) in [7, 11) is -7.70. The number of carboxylic acids is 1. The second-order valence-electron chi connectivity index (χ2n) is 9.83. The lowest BCUT2D eigenvalue weighted by Crippen LogP contribution is -2.42. The lowest BCUT2D eigenvalue weighted by molar-refractivity contribution is -0.138. The molecule has 0 radical (unpaired) electrons. The highest BCUT2D eigenvalue weighted by molar-refractivity contribution is 9.11. The van der Waals surface area contributed by atoms with Gasteiger partial charge in [-0.3, -0.25) is 4.79 Å². The number of carbonyl (C=O) groups is 1. The molecule has 0 saturated carbocycles. The van der Waals surface area contributed by atoms with Crippen molar-refractivity contribution in [3.63, 3.8) is 0 Å². The molecule has 2 heterocycles. The number of carboxylic acid groups (broad SMARTS) is 1. The number of hydrogen-bond acceptors (Lipinski definition) is 8. The van der Waals surface area contributed by atoms with Crippen molar-refractivity contribution in [2.24, 2.45) is 0 Å². The number of nitrogens with one attached hydrogen (secondary N) is 3. The van der Waals surface area contributed by atoms with E-state index in [2.05, 4.69) is 51.6 Å². The van der Waals surface area contributed by atoms with Gasteiger partial charge in [0.15, 0.2) is 0 Å². The van der Waals surface area contributed by atoms with Crippen molar-refractivity contribution >= 4 is 98.2 Å². The van der Waals surface area contributed by atoms with Crippen LogP contribution in [0.3, 0.4) is 0 Å². The van der Waals surface area contributed by atoms with Gasteiger partial charge in [0.1, 0.15) is 25.3 Å². The first-order chi connectivity index (χ1) is 20.8. The van der Waals surface area contributed by atoms with Crippen LogP contribution in [0.4, 0.5) is 5.82 Å². The van der Waals surface area contributed by atoms with Crippen LogP contribution in [0.5, 0.6) is 0 Å². The molecule has 0 fully saturated rings. The van der Waals surface area contributed by atoms with Gasteiger partial charge in [-0.2, -0.15) is 4.72 Å². The number of halogens is 4. The molecular formula is C27H32Br2Cl2N4O6S3. The van der Waals surface area contributed by atoms with Gasteiger partial charge in [-0.05, 0) is 81.0 Å². The summed E-state index contributed by atoms with van der Waals surface area (Å²) < 4.78 is 56.9. The number of aromatic nitrogens is 1. The molecule has 44 heavy (non-hydrogen) atoms. The molecule has 0 aliphatic heterocycles. The Morgan fingerprint density at radius 2 is 1.50 bits per heavy atom. The summed E-state index contributed by atoms with van der Waals surface area (Å²) in [5, 5.41) is 13.3. The number of nitrogens with zero attached hydrogens (tertiary/aromatic N) is 1. The summed E-state index contributed by atoms with van der Waals surface area (Å²) >= 11 is 19.4. The molecule has 10 nitrogen and oxygen atoms in total. The number of sulfonamides is 2. The van der Waals surface area contributed by atoms with Crippen LogP contribution in [0, 0.1) is 0 Å². The van der Waals surface area contributed by atoms with Gasteiger partial charge in [-0.15, -0.1) is 11.3 Å². The van der Waals surface area contributed by atoms with Crippen LogP contribution in [-0.2, 0) is 31.3 Å². The zero-order valence-corrected chi connectivity index (χ0v) is 30.5. The lowest BCUT2D eigenvalue weighted by Gasteiger charge is -2.16. The molecule has 1 unspecified atom stereocenters. The number of benzene rings is 1. The van der Waals surface area contributed by atoms with Gasteiger partial charge < -0.3 is 10.4 Å². The summed E-state index contributed by atoms with van der Waals surface area (Å²) in [6, 6.07) is 8.02. The van der Waals surface area contributed by atoms with E-state index in [-0.39, 0.29) is 15.5 Å². The molecule has 0 amide bonds. The number of rotatable bonds is 19. The Kier molecular flexibility index (Phi) is 14.8. The summed E-state index contributed by atoms with van der Waals surface area (Å²) in [4.78, 5) is 15.8. The predicted molar refractivity (Wildman–Crippen MR) is 182 cm³/mol. The van der Waals surface area contributed by atoms with E-state index in [0.717, 1.165) is 56.3 Å². The normalized spacial score (nSPS) is 12.7. The Labute approximate surface area is 288 Å². The zero-order chi connectivity index (χ0) is 32.3. The number of unbranched alkanes of at least 4 members (excludes halogenated alkanes) is 6. The molecule has 0 aliphatic carbocycles. The fraction of sp³-hybridized carbons (Fsp3) is 0.407. The number of anilines is 1. The molecule has 1 atom stereocenters. The Bertz CT molecular complexity index is 1610. The highest BCUT2D eigenvalue weighted by Crippen LogP contribution is 2.34. The van der Waals surface area contributed by atoms with Crippen molar-refractivity contribution in [1.29, 1.82) is 0 Å². The maximum absolute atomic E-state index is 12.9. The SMILES string of the molecule is O=C(O)C(Cc1ccc(Cl)cc1)NS(=O)(=O)c1cnc(NCCCCCCCCCNS(=O)(=O)c2cc(Br)c(Cl)s2)c(Br)c1. The van der Waals surface area contributed by atoms with Crippen LogP contribution in [0.25, 0.3) is 0 Å². The third kappa shape index (κ3) is 11.8. The molecule has 17 heteroatoms. The minimum atomic E-state index is -4.15. The van der Waals surface area contributed by atoms with E-state index in [1.807, 2.05) is 0 Å². The van der Waals surface area contributed by atoms with Gasteiger partial charge in [0.25, 0.3) is 0 Å². The lowest BCUT2D eigenvalue weighted by atomic mass is 10.1. The van der Waals surface area contributed by atoms with Crippen LogP contribution in [0.1, 0.15) is 50.5 Å². The van der Waals surface area contributed by atoms with Crippen molar-refractivity contribution in [3.8, 4) is 0 Å². The molecule has 0 saturated heterocycles. The van der Waals surface area contributed by atoms with E-state index in [4.69, 9.17) is 23.2 Å². The van der Waals surface area contributed by atoms with E-state index in [1.54, 1.807) is 24.3 Å². The monoisotopic (exact) mass is 832 g/mol. The molecule has 1 aromatic carbocycles. The second kappa shape index (κ2) is 17.6. The Hall–Kier alpha value is -1.30. The van der Waals surface area contributed by atoms with Crippen LogP contribution < -0.4 is 14.8 Å². The Balaban J connectivity index is 1.33. The quantitative estimate of drug-likeness (QED) is 0.0936. The summed E-state index contributed by atoms with van der Waals surface area (Å²) in [5.74, 6) is -0.814. The van der Waals surface area contributed by atoms with Crippen molar-refractivity contribution in [2.75, 3.05) is 18.4 Å². The van der Waals surface area contributed by atoms with E-state index in [1.165, 1.54) is 18.3 Å². The zero-order valence-electron chi connectivity index (χ0n) is 23.4. The molecule has 242 valence electrons. The topological polar surface area (TPSA) is 155 Å². The summed E-state index contributed by atoms with van der Waals surface area (Å²) in [6.07, 6.45) is 7.77. The van der Waals surface area contributed by atoms with Crippen molar-refractivity contribution < 1.29 is 26.7 Å². The largest absolute Gasteiger partial charge is 0.480 e. The predicted octanol–water partition coefficient (Wildman–Crippen LogP) is 7.07. The Morgan fingerprint density at radius 3 is 2.07 bits per heavy atom. The molecule has 3 rings (SSSR count). The number of aliphatic carboxylic acids is 1. The Morgan fingerprint density at radius 1 is 0.886 bits per heavy atom. The molecule has 0 bridgehead atoms. The van der Waals surface area contributed by atoms with E-state index in [0.29, 0.717) is 42.8 Å². The van der Waals surface area contributed by atoms with E-state index >= 15 is 0 Å². The van der Waals surface area contributed by atoms with Crippen LogP contribution >= 0.6 is 66.4 Å². The molecule has 0 aliphatic rings. The van der Waals surface area contributed by atoms with E-state index < -0.39 is 32.1 Å². The fourth-order valence-corrected chi connectivity index (χ4v) is 9.41. The number of hydrogen-bond donors (Lipinski definition) is 4. The van der Waals surface area contributed by atoms with Crippen molar-refractivity contribution in [2.45, 2.75) is 66.5 Å². The maximum atomic E-state index is 12.9. The standard InChI is InChI=1S/C27H32Br2Cl2N4O6S3/c28-21-16-24(42-25(21)31)44(40,41)34-13-7-5-3-1-2-4-6-12-32-26-22(29)15-20(17-33-26)43(38,39)35-23(27(36)37)14-18-8-10-19(30)11-9-18/h8-11,15-17,23,34-35H,1-7,12-14H2,(H,32,33)(H,36,37). The van der Waals surface area contributed by atoms with Gasteiger partial charge in [-0.1, -0.05) is 67.4 Å². The third-order valence-electron chi connectivity index (χ3n) is 6.40. The molecule has 0 spiro atoms. The molecule has 3 aromatic rings. The molecule has 4 N–H and O–H groups in total. The van der Waals surface area contributed by atoms with Gasteiger partial charge in [0.05, 0.1) is 4.47 Å². The summed E-state index contributed by atoms with van der Waals surface area (Å²) in [6.45, 7) is 1.02. The smallest absolute Gasteiger partial charge is 0.322 e. The average molecular weight is 835 g/mol. The fourth-order valence-electron chi connectivity index (χ4n) is 4.07. The highest BCUT2D eigenvalue weighted by atomic mass is 79.9. The van der Waals surface area contributed by atoms with Crippen LogP contribution in [-0.4, -0.2) is 52.0 Å². The molecule has 2 aromatic heterocycles. The first-order valence-corrected chi connectivity index (χ1v) is 19.7. The van der Waals surface area contributed by atoms with Crippen LogP contribution in [0.15, 0.2) is 60.6 Å². The van der Waals surface area contributed by atoms with Gasteiger partial charge in [0.2, 0.25) is 20.0 Å². The van der Waals surface area contributed by atoms with Crippen molar-refractivity contribution in [1.82, 2.24) is 14.4 Å². The van der Waals surface area contributed by atoms with Gasteiger partial charge in [-0.25, -0.2) is 26.5 Å². The first kappa shape index (κ1) is 37.2. The minimum absolute atomic E-state index is 0.0496. The first-order valence-electron chi connectivity index (χ1n) is 13.6.